The summed E-state index contributed by atoms with van der Waals surface area (Å²) in [6.07, 6.45) is 0.897. The van der Waals surface area contributed by atoms with Crippen molar-refractivity contribution >= 4 is 17.4 Å². The number of aliphatic hydroxyl groups excluding tert-OH is 1. The molecule has 0 saturated heterocycles. The van der Waals surface area contributed by atoms with Gasteiger partial charge in [0.2, 0.25) is 0 Å². The van der Waals surface area contributed by atoms with Crippen LogP contribution < -0.4 is 0 Å². The van der Waals surface area contributed by atoms with E-state index in [1.807, 2.05) is 0 Å². The first-order valence-corrected chi connectivity index (χ1v) is 9.60. The van der Waals surface area contributed by atoms with Gasteiger partial charge in [0.1, 0.15) is 0 Å². The van der Waals surface area contributed by atoms with Gasteiger partial charge < -0.3 is 9.22 Å². The van der Waals surface area contributed by atoms with E-state index in [-0.39, 0.29) is 0 Å². The predicted octanol–water partition coefficient (Wildman–Crippen LogP) is 1.84. The Bertz CT molecular complexity index is 105. The van der Waals surface area contributed by atoms with E-state index in [0.29, 0.717) is 6.61 Å². The first kappa shape index (κ1) is 11.4. The molecule has 0 spiro atoms. The van der Waals surface area contributed by atoms with Crippen molar-refractivity contribution in [2.75, 3.05) is 6.61 Å². The van der Waals surface area contributed by atoms with Gasteiger partial charge in [0.25, 0.3) is 0 Å². The molecule has 4 heteroatoms. The summed E-state index contributed by atoms with van der Waals surface area (Å²) < 4.78 is 5.87. The maximum absolute atomic E-state index is 8.64. The molecular weight excluding hydrogens is 172 g/mol. The number of hydrogen-bond acceptors (Lipinski definition) is 2. The third kappa shape index (κ3) is 6.74. The van der Waals surface area contributed by atoms with E-state index < -0.39 is 17.4 Å². The van der Waals surface area contributed by atoms with Crippen molar-refractivity contribution in [1.82, 2.24) is 0 Å². The molecule has 0 aliphatic carbocycles. The third-order valence-corrected chi connectivity index (χ3v) is 6.82. The monoisotopic (exact) mass is 191 g/mol. The van der Waals surface area contributed by atoms with Crippen LogP contribution in [0.5, 0.6) is 0 Å². The van der Waals surface area contributed by atoms with Gasteiger partial charge in [0.15, 0.2) is 17.4 Å². The van der Waals surface area contributed by atoms with Crippen LogP contribution in [0.4, 0.5) is 0 Å². The zero-order valence-electron chi connectivity index (χ0n) is 7.98. The van der Waals surface area contributed by atoms with Crippen molar-refractivity contribution in [3.63, 3.8) is 0 Å². The second-order valence-electron chi connectivity index (χ2n) is 3.60. The predicted molar refractivity (Wildman–Crippen MR) is 52.6 cm³/mol. The first-order chi connectivity index (χ1) is 4.98. The molecule has 1 radical (unpaired) electrons. The largest absolute Gasteiger partial charge is 0.456 e. The summed E-state index contributed by atoms with van der Waals surface area (Å²) >= 11 is 0. The molecule has 67 valence electrons. The zero-order valence-corrected chi connectivity index (χ0v) is 9.98. The highest BCUT2D eigenvalue weighted by Crippen LogP contribution is 2.14. The molecule has 0 aromatic rings. The third-order valence-electron chi connectivity index (χ3n) is 1.42. The highest BCUT2D eigenvalue weighted by atomic mass is 28.4. The second-order valence-corrected chi connectivity index (χ2v) is 10.2. The lowest BCUT2D eigenvalue weighted by Gasteiger charge is -2.24. The van der Waals surface area contributed by atoms with Crippen molar-refractivity contribution in [3.05, 3.63) is 0 Å². The van der Waals surface area contributed by atoms with Crippen LogP contribution >= 0.6 is 0 Å². The minimum Gasteiger partial charge on any atom is -0.456 e. The molecule has 0 amide bonds. The lowest BCUT2D eigenvalue weighted by Crippen LogP contribution is -2.35. The van der Waals surface area contributed by atoms with Crippen molar-refractivity contribution in [1.29, 1.82) is 0 Å². The highest BCUT2D eigenvalue weighted by molar-refractivity contribution is 6.77. The molecule has 0 unspecified atom stereocenters. The molecule has 0 aliphatic rings. The molecule has 0 bridgehead atoms. The first-order valence-electron chi connectivity index (χ1n) is 4.08. The van der Waals surface area contributed by atoms with Gasteiger partial charge in [0, 0.05) is 6.61 Å². The summed E-state index contributed by atoms with van der Waals surface area (Å²) in [4.78, 5) is 0. The molecular formula is C7H19O2Si2. The fourth-order valence-corrected chi connectivity index (χ4v) is 6.95. The number of aliphatic hydroxyl groups is 1. The fourth-order valence-electron chi connectivity index (χ4n) is 1.11. The van der Waals surface area contributed by atoms with Crippen LogP contribution in [-0.4, -0.2) is 29.1 Å². The Hall–Kier alpha value is 0.354. The summed E-state index contributed by atoms with van der Waals surface area (Å²) in [5.74, 6) is 0. The maximum atomic E-state index is 8.64. The molecule has 2 nitrogen and oxygen atoms in total. The minimum atomic E-state index is -1.40. The van der Waals surface area contributed by atoms with Crippen LogP contribution in [0.2, 0.25) is 32.2 Å². The lowest BCUT2D eigenvalue weighted by molar-refractivity contribution is 0.292. The Labute approximate surface area is 72.4 Å². The van der Waals surface area contributed by atoms with Gasteiger partial charge in [-0.05, 0) is 38.7 Å². The molecule has 0 aliphatic heterocycles. The highest BCUT2D eigenvalue weighted by Gasteiger charge is 2.22. The molecule has 0 heterocycles. The van der Waals surface area contributed by atoms with Crippen LogP contribution in [-0.2, 0) is 4.12 Å². The van der Waals surface area contributed by atoms with Crippen LogP contribution in [0.15, 0.2) is 0 Å². The van der Waals surface area contributed by atoms with Gasteiger partial charge in [-0.3, -0.25) is 0 Å². The SMILES string of the molecule is C[Si](C)O[Si](C)(C)CCCO. The van der Waals surface area contributed by atoms with Gasteiger partial charge >= 0.3 is 0 Å². The molecule has 1 N–H and O–H groups in total. The maximum Gasteiger partial charge on any atom is 0.191 e. The van der Waals surface area contributed by atoms with Gasteiger partial charge in [0.05, 0.1) is 0 Å². The standard InChI is InChI=1S/C7H19O2Si2/c1-10(2)9-11(3,4)7-5-6-8/h8H,5-7H2,1-4H3. The summed E-state index contributed by atoms with van der Waals surface area (Å²) in [7, 11) is -1.94. The molecule has 11 heavy (non-hydrogen) atoms. The fraction of sp³-hybridized carbons (Fsp3) is 1.00. The van der Waals surface area contributed by atoms with E-state index in [0.717, 1.165) is 12.5 Å². The Balaban J connectivity index is 3.61. The smallest absolute Gasteiger partial charge is 0.191 e. The van der Waals surface area contributed by atoms with E-state index in [9.17, 15) is 0 Å². The van der Waals surface area contributed by atoms with Gasteiger partial charge in [-0.15, -0.1) is 0 Å². The number of rotatable bonds is 5. The summed E-state index contributed by atoms with van der Waals surface area (Å²) in [5.41, 5.74) is 0. The van der Waals surface area contributed by atoms with E-state index >= 15 is 0 Å². The summed E-state index contributed by atoms with van der Waals surface area (Å²) in [6.45, 7) is 9.08. The second kappa shape index (κ2) is 5.08. The van der Waals surface area contributed by atoms with Gasteiger partial charge in [-0.2, -0.15) is 0 Å². The average Bonchev–Trinajstić information content (AvgIpc) is 1.81. The van der Waals surface area contributed by atoms with E-state index in [1.54, 1.807) is 0 Å². The quantitative estimate of drug-likeness (QED) is 0.672. The minimum absolute atomic E-state index is 0.301. The lowest BCUT2D eigenvalue weighted by atomic mass is 10.5. The van der Waals surface area contributed by atoms with Crippen LogP contribution in [0.1, 0.15) is 6.42 Å². The van der Waals surface area contributed by atoms with Gasteiger partial charge in [-0.1, -0.05) is 0 Å². The molecule has 0 aromatic carbocycles. The Kier molecular flexibility index (Phi) is 5.24. The Morgan fingerprint density at radius 1 is 1.36 bits per heavy atom. The van der Waals surface area contributed by atoms with Crippen LogP contribution in [0, 0.1) is 0 Å². The normalized spacial score (nSPS) is 12.5. The van der Waals surface area contributed by atoms with Crippen molar-refractivity contribution in [3.8, 4) is 0 Å². The zero-order chi connectivity index (χ0) is 8.91. The van der Waals surface area contributed by atoms with Crippen molar-refractivity contribution in [2.24, 2.45) is 0 Å². The van der Waals surface area contributed by atoms with Crippen molar-refractivity contribution in [2.45, 2.75) is 38.7 Å². The molecule has 0 atom stereocenters. The number of hydrogen-bond donors (Lipinski definition) is 1. The Morgan fingerprint density at radius 3 is 2.27 bits per heavy atom. The summed E-state index contributed by atoms with van der Waals surface area (Å²) in [6, 6.07) is 1.08. The topological polar surface area (TPSA) is 29.5 Å². The van der Waals surface area contributed by atoms with Crippen LogP contribution in [0.3, 0.4) is 0 Å². The van der Waals surface area contributed by atoms with E-state index in [2.05, 4.69) is 26.2 Å². The Morgan fingerprint density at radius 2 is 1.91 bits per heavy atom. The van der Waals surface area contributed by atoms with Crippen LogP contribution in [0.25, 0.3) is 0 Å². The molecule has 0 rings (SSSR count). The molecule has 0 fully saturated rings. The average molecular weight is 191 g/mol. The molecule has 0 aromatic heterocycles. The van der Waals surface area contributed by atoms with Gasteiger partial charge in [-0.25, -0.2) is 0 Å². The van der Waals surface area contributed by atoms with Crippen molar-refractivity contribution < 1.29 is 9.22 Å². The molecule has 0 saturated carbocycles. The van der Waals surface area contributed by atoms with E-state index in [4.69, 9.17) is 9.22 Å². The summed E-state index contributed by atoms with van der Waals surface area (Å²) in [5, 5.41) is 8.64. The van der Waals surface area contributed by atoms with E-state index in [1.165, 1.54) is 0 Å².